The van der Waals surface area contributed by atoms with Crippen molar-refractivity contribution in [1.82, 2.24) is 10.2 Å². The SMILES string of the molecule is CCC(C)C1(C)CCN(C(=O)NC(C)C)CC1. The van der Waals surface area contributed by atoms with E-state index >= 15 is 0 Å². The van der Waals surface area contributed by atoms with Crippen LogP contribution in [0.25, 0.3) is 0 Å². The van der Waals surface area contributed by atoms with Gasteiger partial charge in [0.05, 0.1) is 0 Å². The van der Waals surface area contributed by atoms with Crippen LogP contribution in [-0.4, -0.2) is 30.1 Å². The van der Waals surface area contributed by atoms with Crippen LogP contribution >= 0.6 is 0 Å². The minimum absolute atomic E-state index is 0.103. The Balaban J connectivity index is 2.48. The number of urea groups is 1. The normalized spacial score (nSPS) is 21.4. The van der Waals surface area contributed by atoms with Crippen LogP contribution in [0, 0.1) is 11.3 Å². The van der Waals surface area contributed by atoms with Crippen LogP contribution in [0.4, 0.5) is 4.79 Å². The highest BCUT2D eigenvalue weighted by molar-refractivity contribution is 5.74. The Morgan fingerprint density at radius 3 is 2.24 bits per heavy atom. The topological polar surface area (TPSA) is 32.3 Å². The zero-order valence-corrected chi connectivity index (χ0v) is 12.0. The molecule has 0 spiro atoms. The fraction of sp³-hybridized carbons (Fsp3) is 0.929. The summed E-state index contributed by atoms with van der Waals surface area (Å²) < 4.78 is 0. The fourth-order valence-corrected chi connectivity index (χ4v) is 2.54. The first-order valence-electron chi connectivity index (χ1n) is 6.94. The van der Waals surface area contributed by atoms with Gasteiger partial charge in [0, 0.05) is 19.1 Å². The van der Waals surface area contributed by atoms with Gasteiger partial charge in [0.25, 0.3) is 0 Å². The molecule has 17 heavy (non-hydrogen) atoms. The molecule has 1 saturated heterocycles. The number of nitrogens with one attached hydrogen (secondary N) is 1. The van der Waals surface area contributed by atoms with Gasteiger partial charge in [0.15, 0.2) is 0 Å². The molecule has 1 fully saturated rings. The van der Waals surface area contributed by atoms with E-state index in [9.17, 15) is 4.79 Å². The van der Waals surface area contributed by atoms with Crippen LogP contribution in [0.5, 0.6) is 0 Å². The lowest BCUT2D eigenvalue weighted by Gasteiger charge is -2.43. The maximum atomic E-state index is 11.9. The van der Waals surface area contributed by atoms with Crippen molar-refractivity contribution in [3.8, 4) is 0 Å². The van der Waals surface area contributed by atoms with Crippen molar-refractivity contribution in [2.24, 2.45) is 11.3 Å². The Bertz CT molecular complexity index is 255. The van der Waals surface area contributed by atoms with E-state index in [1.807, 2.05) is 18.7 Å². The molecule has 1 N–H and O–H groups in total. The number of amides is 2. The molecule has 1 atom stereocenters. The van der Waals surface area contributed by atoms with Crippen molar-refractivity contribution in [3.63, 3.8) is 0 Å². The minimum atomic E-state index is 0.103. The molecule has 1 aliphatic heterocycles. The average Bonchev–Trinajstić information content (AvgIpc) is 2.27. The molecular weight excluding hydrogens is 212 g/mol. The lowest BCUT2D eigenvalue weighted by Crippen LogP contribution is -2.49. The summed E-state index contributed by atoms with van der Waals surface area (Å²) in [7, 11) is 0. The second-order valence-electron chi connectivity index (χ2n) is 6.05. The number of hydrogen-bond donors (Lipinski definition) is 1. The summed E-state index contributed by atoms with van der Waals surface area (Å²) in [5.74, 6) is 0.748. The van der Waals surface area contributed by atoms with Crippen molar-refractivity contribution in [2.45, 2.75) is 59.9 Å². The summed E-state index contributed by atoms with van der Waals surface area (Å²) in [6.07, 6.45) is 3.50. The summed E-state index contributed by atoms with van der Waals surface area (Å²) in [5, 5.41) is 2.97. The average molecular weight is 240 g/mol. The maximum Gasteiger partial charge on any atom is 0.317 e. The number of carbonyl (C=O) groups is 1. The molecule has 100 valence electrons. The van der Waals surface area contributed by atoms with E-state index in [-0.39, 0.29) is 12.1 Å². The van der Waals surface area contributed by atoms with E-state index < -0.39 is 0 Å². The Kier molecular flexibility index (Phi) is 4.84. The van der Waals surface area contributed by atoms with Crippen LogP contribution in [0.15, 0.2) is 0 Å². The molecule has 0 aromatic rings. The third-order valence-electron chi connectivity index (χ3n) is 4.41. The monoisotopic (exact) mass is 240 g/mol. The summed E-state index contributed by atoms with van der Waals surface area (Å²) in [6.45, 7) is 12.8. The molecule has 3 heteroatoms. The van der Waals surface area contributed by atoms with Gasteiger partial charge < -0.3 is 10.2 Å². The molecule has 0 radical (unpaired) electrons. The molecule has 1 rings (SSSR count). The van der Waals surface area contributed by atoms with Crippen LogP contribution in [0.3, 0.4) is 0 Å². The molecule has 1 unspecified atom stereocenters. The lowest BCUT2D eigenvalue weighted by atomic mass is 9.70. The van der Waals surface area contributed by atoms with Gasteiger partial charge in [-0.05, 0) is 38.0 Å². The summed E-state index contributed by atoms with van der Waals surface area (Å²) in [6, 6.07) is 0.330. The van der Waals surface area contributed by atoms with Gasteiger partial charge in [-0.25, -0.2) is 4.79 Å². The van der Waals surface area contributed by atoms with Gasteiger partial charge in [0.1, 0.15) is 0 Å². The highest BCUT2D eigenvalue weighted by Gasteiger charge is 2.35. The summed E-state index contributed by atoms with van der Waals surface area (Å²) in [5.41, 5.74) is 0.420. The van der Waals surface area contributed by atoms with Crippen LogP contribution < -0.4 is 5.32 Å². The van der Waals surface area contributed by atoms with Crippen molar-refractivity contribution in [2.75, 3.05) is 13.1 Å². The Morgan fingerprint density at radius 1 is 1.29 bits per heavy atom. The molecule has 0 bridgehead atoms. The largest absolute Gasteiger partial charge is 0.336 e. The van der Waals surface area contributed by atoms with Gasteiger partial charge >= 0.3 is 6.03 Å². The third-order valence-corrected chi connectivity index (χ3v) is 4.41. The Morgan fingerprint density at radius 2 is 1.82 bits per heavy atom. The Labute approximate surface area is 106 Å². The van der Waals surface area contributed by atoms with Crippen molar-refractivity contribution < 1.29 is 4.79 Å². The van der Waals surface area contributed by atoms with E-state index in [1.54, 1.807) is 0 Å². The standard InChI is InChI=1S/C14H28N2O/c1-6-12(4)14(5)7-9-16(10-8-14)13(17)15-11(2)3/h11-12H,6-10H2,1-5H3,(H,15,17). The van der Waals surface area contributed by atoms with Gasteiger partial charge in [0.2, 0.25) is 0 Å². The zero-order chi connectivity index (χ0) is 13.1. The molecule has 1 heterocycles. The third kappa shape index (κ3) is 3.62. The van der Waals surface area contributed by atoms with E-state index in [0.717, 1.165) is 31.8 Å². The minimum Gasteiger partial charge on any atom is -0.336 e. The van der Waals surface area contributed by atoms with E-state index in [4.69, 9.17) is 0 Å². The first kappa shape index (κ1) is 14.3. The summed E-state index contributed by atoms with van der Waals surface area (Å²) in [4.78, 5) is 13.8. The number of carbonyl (C=O) groups excluding carboxylic acids is 1. The second-order valence-corrected chi connectivity index (χ2v) is 6.05. The molecule has 0 aromatic carbocycles. The Hall–Kier alpha value is -0.730. The highest BCUT2D eigenvalue weighted by atomic mass is 16.2. The van der Waals surface area contributed by atoms with E-state index in [0.29, 0.717) is 5.41 Å². The van der Waals surface area contributed by atoms with E-state index in [1.165, 1.54) is 6.42 Å². The smallest absolute Gasteiger partial charge is 0.317 e. The number of hydrogen-bond acceptors (Lipinski definition) is 1. The molecule has 0 aromatic heterocycles. The zero-order valence-electron chi connectivity index (χ0n) is 12.0. The number of nitrogens with zero attached hydrogens (tertiary/aromatic N) is 1. The van der Waals surface area contributed by atoms with Crippen molar-refractivity contribution in [3.05, 3.63) is 0 Å². The summed E-state index contributed by atoms with van der Waals surface area (Å²) >= 11 is 0. The van der Waals surface area contributed by atoms with Crippen molar-refractivity contribution in [1.29, 1.82) is 0 Å². The molecule has 3 nitrogen and oxygen atoms in total. The quantitative estimate of drug-likeness (QED) is 0.807. The van der Waals surface area contributed by atoms with Crippen LogP contribution in [0.1, 0.15) is 53.9 Å². The van der Waals surface area contributed by atoms with Gasteiger partial charge in [-0.15, -0.1) is 0 Å². The first-order valence-corrected chi connectivity index (χ1v) is 6.94. The van der Waals surface area contributed by atoms with Gasteiger partial charge in [-0.2, -0.15) is 0 Å². The number of rotatable bonds is 3. The van der Waals surface area contributed by atoms with E-state index in [2.05, 4.69) is 26.1 Å². The predicted molar refractivity (Wildman–Crippen MR) is 72.0 cm³/mol. The molecule has 0 saturated carbocycles. The molecule has 2 amide bonds. The molecule has 0 aliphatic carbocycles. The molecular formula is C14H28N2O. The second kappa shape index (κ2) is 5.74. The number of piperidine rings is 1. The predicted octanol–water partition coefficient (Wildman–Crippen LogP) is 3.25. The first-order chi connectivity index (χ1) is 7.89. The lowest BCUT2D eigenvalue weighted by molar-refractivity contribution is 0.0823. The maximum absolute atomic E-state index is 11.9. The van der Waals surface area contributed by atoms with Crippen LogP contribution in [0.2, 0.25) is 0 Å². The molecule has 1 aliphatic rings. The highest BCUT2D eigenvalue weighted by Crippen LogP contribution is 2.39. The fourth-order valence-electron chi connectivity index (χ4n) is 2.54. The van der Waals surface area contributed by atoms with Crippen LogP contribution in [-0.2, 0) is 0 Å². The van der Waals surface area contributed by atoms with Crippen molar-refractivity contribution >= 4 is 6.03 Å². The van der Waals surface area contributed by atoms with Gasteiger partial charge in [-0.1, -0.05) is 27.2 Å². The van der Waals surface area contributed by atoms with Gasteiger partial charge in [-0.3, -0.25) is 0 Å². The number of likely N-dealkylation sites (tertiary alicyclic amines) is 1.